The molecular weight excluding hydrogens is 312 g/mol. The topological polar surface area (TPSA) is 74.2 Å². The van der Waals surface area contributed by atoms with Gasteiger partial charge in [-0.25, -0.2) is 4.79 Å². The van der Waals surface area contributed by atoms with Gasteiger partial charge in [0.15, 0.2) is 12.1 Å². The van der Waals surface area contributed by atoms with Gasteiger partial charge in [-0.3, -0.25) is 0 Å². The molecule has 3 aliphatic rings. The van der Waals surface area contributed by atoms with E-state index in [9.17, 15) is 9.90 Å². The molecule has 1 N–H and O–H groups in total. The van der Waals surface area contributed by atoms with Gasteiger partial charge in [-0.2, -0.15) is 0 Å². The molecular formula is C18H22O6. The standard InChI is InChI=1S/C18H22O6/c1-17(2)23-14-16(24-17)22-13(18(14,20)12-8-9-12)10-21-15(19)11-6-4-3-5-7-11/h3-7,12-14,16,20H,8-10H2,1-2H3/t13-,14+,16-,18-/m1/s1. The second-order valence-electron chi connectivity index (χ2n) is 7.18. The van der Waals surface area contributed by atoms with Crippen LogP contribution in [0.15, 0.2) is 30.3 Å². The Bertz CT molecular complexity index is 626. The van der Waals surface area contributed by atoms with Crippen molar-refractivity contribution in [3.8, 4) is 0 Å². The van der Waals surface area contributed by atoms with Gasteiger partial charge >= 0.3 is 5.97 Å². The second-order valence-corrected chi connectivity index (χ2v) is 7.18. The summed E-state index contributed by atoms with van der Waals surface area (Å²) in [6.07, 6.45) is -0.0124. The summed E-state index contributed by atoms with van der Waals surface area (Å²) < 4.78 is 22.8. The lowest BCUT2D eigenvalue weighted by Gasteiger charge is -2.33. The quantitative estimate of drug-likeness (QED) is 0.847. The molecule has 6 nitrogen and oxygen atoms in total. The van der Waals surface area contributed by atoms with E-state index in [1.807, 2.05) is 6.07 Å². The largest absolute Gasteiger partial charge is 0.459 e. The van der Waals surface area contributed by atoms with Crippen LogP contribution in [0.2, 0.25) is 0 Å². The minimum absolute atomic E-state index is 0.0269. The Hall–Kier alpha value is -1.47. The number of carbonyl (C=O) groups is 1. The van der Waals surface area contributed by atoms with Crippen molar-refractivity contribution in [2.75, 3.05) is 6.61 Å². The van der Waals surface area contributed by atoms with E-state index in [1.165, 1.54) is 0 Å². The van der Waals surface area contributed by atoms with Gasteiger partial charge in [0.05, 0.1) is 5.56 Å². The zero-order chi connectivity index (χ0) is 16.9. The summed E-state index contributed by atoms with van der Waals surface area (Å²) in [6.45, 7) is 3.57. The summed E-state index contributed by atoms with van der Waals surface area (Å²) in [5.41, 5.74) is -0.714. The first kappa shape index (κ1) is 16.0. The Morgan fingerprint density at radius 1 is 1.25 bits per heavy atom. The molecule has 130 valence electrons. The van der Waals surface area contributed by atoms with Gasteiger partial charge in [-0.15, -0.1) is 0 Å². The number of carbonyl (C=O) groups excluding carboxylic acids is 1. The Balaban J connectivity index is 1.47. The van der Waals surface area contributed by atoms with E-state index < -0.39 is 35.9 Å². The summed E-state index contributed by atoms with van der Waals surface area (Å²) >= 11 is 0. The van der Waals surface area contributed by atoms with Crippen LogP contribution in [0.4, 0.5) is 0 Å². The van der Waals surface area contributed by atoms with Crippen molar-refractivity contribution in [1.82, 2.24) is 0 Å². The average molecular weight is 334 g/mol. The van der Waals surface area contributed by atoms with Crippen molar-refractivity contribution in [3.63, 3.8) is 0 Å². The van der Waals surface area contributed by atoms with Crippen LogP contribution in [0.5, 0.6) is 0 Å². The van der Waals surface area contributed by atoms with Crippen molar-refractivity contribution in [2.24, 2.45) is 5.92 Å². The number of hydrogen-bond acceptors (Lipinski definition) is 6. The van der Waals surface area contributed by atoms with Gasteiger partial charge in [-0.05, 0) is 44.7 Å². The van der Waals surface area contributed by atoms with E-state index in [-0.39, 0.29) is 12.5 Å². The molecule has 4 atom stereocenters. The van der Waals surface area contributed by atoms with Crippen LogP contribution in [0.25, 0.3) is 0 Å². The van der Waals surface area contributed by atoms with Crippen LogP contribution in [0, 0.1) is 5.92 Å². The molecule has 2 aliphatic heterocycles. The Morgan fingerprint density at radius 3 is 2.62 bits per heavy atom. The first-order valence-electron chi connectivity index (χ1n) is 8.36. The number of aliphatic hydroxyl groups is 1. The Morgan fingerprint density at radius 2 is 1.96 bits per heavy atom. The highest BCUT2D eigenvalue weighted by atomic mass is 16.8. The van der Waals surface area contributed by atoms with E-state index in [4.69, 9.17) is 18.9 Å². The highest BCUT2D eigenvalue weighted by Gasteiger charge is 2.68. The van der Waals surface area contributed by atoms with Crippen LogP contribution in [0.1, 0.15) is 37.0 Å². The van der Waals surface area contributed by atoms with Crippen LogP contribution >= 0.6 is 0 Å². The van der Waals surface area contributed by atoms with Crippen molar-refractivity contribution >= 4 is 5.97 Å². The minimum Gasteiger partial charge on any atom is -0.459 e. The molecule has 2 heterocycles. The number of hydrogen-bond donors (Lipinski definition) is 1. The fraction of sp³-hybridized carbons (Fsp3) is 0.611. The van der Waals surface area contributed by atoms with E-state index in [2.05, 4.69) is 0 Å². The minimum atomic E-state index is -1.19. The Kier molecular flexibility index (Phi) is 3.69. The van der Waals surface area contributed by atoms with Crippen LogP contribution in [-0.2, 0) is 18.9 Å². The van der Waals surface area contributed by atoms with E-state index in [1.54, 1.807) is 38.1 Å². The average Bonchev–Trinajstić information content (AvgIpc) is 3.32. The maximum absolute atomic E-state index is 12.1. The fourth-order valence-electron chi connectivity index (χ4n) is 3.62. The van der Waals surface area contributed by atoms with Crippen molar-refractivity contribution in [3.05, 3.63) is 35.9 Å². The van der Waals surface area contributed by atoms with E-state index >= 15 is 0 Å². The molecule has 0 unspecified atom stereocenters. The highest BCUT2D eigenvalue weighted by Crippen LogP contribution is 2.53. The zero-order valence-electron chi connectivity index (χ0n) is 13.8. The molecule has 0 radical (unpaired) electrons. The summed E-state index contributed by atoms with van der Waals surface area (Å²) in [4.78, 5) is 12.1. The maximum Gasteiger partial charge on any atom is 0.338 e. The number of rotatable bonds is 4. The smallest absolute Gasteiger partial charge is 0.338 e. The third-order valence-electron chi connectivity index (χ3n) is 4.93. The Labute approximate surface area is 140 Å². The third kappa shape index (κ3) is 2.63. The van der Waals surface area contributed by atoms with Gasteiger partial charge in [0.1, 0.15) is 24.4 Å². The first-order valence-corrected chi connectivity index (χ1v) is 8.36. The van der Waals surface area contributed by atoms with Crippen molar-refractivity contribution in [2.45, 2.75) is 56.6 Å². The SMILES string of the molecule is CC1(C)O[C@H]2O[C@H](COC(=O)c3ccccc3)[C@](O)(C3CC3)[C@H]2O1. The molecule has 1 aromatic carbocycles. The summed E-state index contributed by atoms with van der Waals surface area (Å²) in [7, 11) is 0. The molecule has 1 aromatic rings. The van der Waals surface area contributed by atoms with Gasteiger partial charge in [0.2, 0.25) is 0 Å². The van der Waals surface area contributed by atoms with Crippen molar-refractivity contribution in [1.29, 1.82) is 0 Å². The van der Waals surface area contributed by atoms with Crippen molar-refractivity contribution < 1.29 is 28.8 Å². The van der Waals surface area contributed by atoms with Gasteiger partial charge in [-0.1, -0.05) is 18.2 Å². The molecule has 0 spiro atoms. The van der Waals surface area contributed by atoms with Gasteiger partial charge in [0, 0.05) is 0 Å². The first-order chi connectivity index (χ1) is 11.4. The number of fused-ring (bicyclic) bond motifs is 1. The molecule has 1 saturated carbocycles. The van der Waals surface area contributed by atoms with Crippen LogP contribution < -0.4 is 0 Å². The summed E-state index contributed by atoms with van der Waals surface area (Å²) in [5.74, 6) is -1.13. The van der Waals surface area contributed by atoms with Crippen LogP contribution in [-0.4, -0.2) is 47.6 Å². The molecule has 0 aromatic heterocycles. The third-order valence-corrected chi connectivity index (χ3v) is 4.93. The summed E-state index contributed by atoms with van der Waals surface area (Å²) in [5, 5.41) is 11.3. The zero-order valence-corrected chi connectivity index (χ0v) is 13.8. The summed E-state index contributed by atoms with van der Waals surface area (Å²) in [6, 6.07) is 8.76. The molecule has 2 saturated heterocycles. The molecule has 6 heteroatoms. The lowest BCUT2D eigenvalue weighted by atomic mass is 9.87. The normalized spacial score (nSPS) is 37.2. The predicted molar refractivity (Wildman–Crippen MR) is 83.1 cm³/mol. The monoisotopic (exact) mass is 334 g/mol. The molecule has 0 amide bonds. The van der Waals surface area contributed by atoms with E-state index in [0.717, 1.165) is 12.8 Å². The second kappa shape index (κ2) is 5.52. The molecule has 3 fully saturated rings. The fourth-order valence-corrected chi connectivity index (χ4v) is 3.62. The predicted octanol–water partition coefficient (Wildman–Crippen LogP) is 1.86. The lowest BCUT2D eigenvalue weighted by Crippen LogP contribution is -2.52. The lowest BCUT2D eigenvalue weighted by molar-refractivity contribution is -0.236. The van der Waals surface area contributed by atoms with Crippen LogP contribution in [0.3, 0.4) is 0 Å². The highest BCUT2D eigenvalue weighted by molar-refractivity contribution is 5.89. The van der Waals surface area contributed by atoms with E-state index in [0.29, 0.717) is 5.56 Å². The maximum atomic E-state index is 12.1. The molecule has 1 aliphatic carbocycles. The molecule has 24 heavy (non-hydrogen) atoms. The number of benzene rings is 1. The number of ether oxygens (including phenoxy) is 4. The number of esters is 1. The van der Waals surface area contributed by atoms with Gasteiger partial charge in [0.25, 0.3) is 0 Å². The van der Waals surface area contributed by atoms with Gasteiger partial charge < -0.3 is 24.1 Å². The molecule has 0 bridgehead atoms. The molecule has 4 rings (SSSR count).